The maximum absolute atomic E-state index is 12.6. The molecule has 1 saturated heterocycles. The van der Waals surface area contributed by atoms with Crippen LogP contribution >= 0.6 is 22.9 Å². The molecule has 3 amide bonds. The number of anilines is 1. The Balaban J connectivity index is 0.00000512. The van der Waals surface area contributed by atoms with Crippen molar-refractivity contribution in [3.63, 3.8) is 0 Å². The minimum Gasteiger partial charge on any atom is -0.731 e. The van der Waals surface area contributed by atoms with Gasteiger partial charge in [-0.15, -0.1) is 22.9 Å². The number of carbonyl (C=O) groups excluding carboxylic acids is 3. The van der Waals surface area contributed by atoms with Crippen molar-refractivity contribution in [3.8, 4) is 0 Å². The number of oxime groups is 1. The summed E-state index contributed by atoms with van der Waals surface area (Å²) in [7, 11) is -8.01. The molecule has 19 heteroatoms. The molecule has 0 radical (unpaired) electrons. The van der Waals surface area contributed by atoms with Gasteiger partial charge in [0.15, 0.2) is 21.1 Å². The molecule has 1 aliphatic heterocycles. The molecule has 1 aromatic rings. The normalized spacial score (nSPS) is 18.9. The third-order valence-electron chi connectivity index (χ3n) is 3.68. The Labute approximate surface area is 213 Å². The van der Waals surface area contributed by atoms with Gasteiger partial charge >= 0.3 is 29.6 Å². The molecular formula is C13H15ClN5NaO9S3. The van der Waals surface area contributed by atoms with Gasteiger partial charge in [-0.1, -0.05) is 5.16 Å². The summed E-state index contributed by atoms with van der Waals surface area (Å²) >= 11 is 6.30. The number of carbonyl (C=O) groups is 3. The predicted octanol–water partition coefficient (Wildman–Crippen LogP) is -5.12. The van der Waals surface area contributed by atoms with Crippen molar-refractivity contribution in [2.45, 2.75) is 12.1 Å². The fraction of sp³-hybridized carbons (Fsp3) is 0.462. The summed E-state index contributed by atoms with van der Waals surface area (Å²) in [6.07, 6.45) is 0.772. The van der Waals surface area contributed by atoms with Gasteiger partial charge in [-0.05, 0) is 0 Å². The number of rotatable bonds is 9. The molecule has 2 rings (SSSR count). The van der Waals surface area contributed by atoms with Gasteiger partial charge in [0.25, 0.3) is 11.8 Å². The molecule has 0 spiro atoms. The van der Waals surface area contributed by atoms with Crippen LogP contribution in [0.15, 0.2) is 10.5 Å². The molecule has 1 fully saturated rings. The SMILES string of the molecule is CO/N=C(\C(=O)N[C@H]1C(=O)N(S(=O)(=O)[O-])[C@H]1CS(C)(=O)=O)c1csc(NC(=O)CCl)n1.[Na+]. The number of alkyl halides is 1. The first kappa shape index (κ1) is 28.7. The smallest absolute Gasteiger partial charge is 0.731 e. The average molecular weight is 540 g/mol. The number of nitrogens with one attached hydrogen (secondary N) is 2. The van der Waals surface area contributed by atoms with E-state index in [0.717, 1.165) is 24.7 Å². The van der Waals surface area contributed by atoms with E-state index >= 15 is 0 Å². The molecule has 2 atom stereocenters. The Morgan fingerprint density at radius 1 is 1.38 bits per heavy atom. The van der Waals surface area contributed by atoms with E-state index in [2.05, 4.69) is 25.6 Å². The minimum absolute atomic E-state index is 0. The second-order valence-corrected chi connectivity index (χ2v) is 10.6. The van der Waals surface area contributed by atoms with Crippen LogP contribution in [0.1, 0.15) is 5.69 Å². The number of thiazole rings is 1. The zero-order chi connectivity index (χ0) is 23.6. The molecule has 14 nitrogen and oxygen atoms in total. The Morgan fingerprint density at radius 3 is 2.50 bits per heavy atom. The first-order chi connectivity index (χ1) is 14.3. The third kappa shape index (κ3) is 7.08. The second kappa shape index (κ2) is 11.2. The van der Waals surface area contributed by atoms with Crippen molar-refractivity contribution < 1.29 is 70.2 Å². The fourth-order valence-corrected chi connectivity index (χ4v) is 5.22. The molecular weight excluding hydrogens is 525 g/mol. The van der Waals surface area contributed by atoms with E-state index in [1.165, 1.54) is 5.38 Å². The van der Waals surface area contributed by atoms with Crippen LogP contribution < -0.4 is 40.2 Å². The Bertz CT molecular complexity index is 1140. The number of halogens is 1. The number of amides is 3. The number of hydrogen-bond acceptors (Lipinski definition) is 12. The molecule has 1 aliphatic rings. The molecule has 0 bridgehead atoms. The maximum atomic E-state index is 12.6. The standard InChI is InChI=1S/C13H16ClN5O9S3.Na/c1-28-18-9(6-4-29-13(15-6)16-8(20)3-14)11(21)17-10-7(5-30(2,23)24)19(12(10)22)31(25,26)27;/h4,7,10H,3,5H2,1-2H3,(H,17,21)(H,15,16,20)(H,25,26,27);/q;+1/p-1/b18-9-;/t7-,10+;/m0./s1. The summed E-state index contributed by atoms with van der Waals surface area (Å²) in [5, 5.41) is 9.39. The average Bonchev–Trinajstić information content (AvgIpc) is 3.09. The molecule has 0 aromatic carbocycles. The summed E-state index contributed by atoms with van der Waals surface area (Å²) in [5.74, 6) is -4.14. The maximum Gasteiger partial charge on any atom is 1.00 e. The number of β-lactam (4-membered cyclic amide) rings is 1. The molecule has 0 unspecified atom stereocenters. The van der Waals surface area contributed by atoms with Crippen LogP contribution in [0.3, 0.4) is 0 Å². The Kier molecular flexibility index (Phi) is 10.0. The summed E-state index contributed by atoms with van der Waals surface area (Å²) < 4.78 is 56.8. The molecule has 0 saturated carbocycles. The first-order valence-corrected chi connectivity index (χ1v) is 12.8. The van der Waals surface area contributed by atoms with Crippen LogP contribution in [-0.2, 0) is 39.4 Å². The molecule has 1 aromatic heterocycles. The number of sulfone groups is 1. The van der Waals surface area contributed by atoms with E-state index in [0.29, 0.717) is 0 Å². The number of hydrogen-bond donors (Lipinski definition) is 2. The summed E-state index contributed by atoms with van der Waals surface area (Å²) in [4.78, 5) is 44.6. The van der Waals surface area contributed by atoms with Crippen LogP contribution in [-0.4, -0.2) is 91.2 Å². The van der Waals surface area contributed by atoms with Crippen LogP contribution in [0, 0.1) is 0 Å². The van der Waals surface area contributed by atoms with Crippen molar-refractivity contribution in [1.82, 2.24) is 14.6 Å². The van der Waals surface area contributed by atoms with Crippen molar-refractivity contribution in [2.24, 2.45) is 5.16 Å². The van der Waals surface area contributed by atoms with Gasteiger partial charge in [0.2, 0.25) is 5.91 Å². The molecule has 2 N–H and O–H groups in total. The minimum atomic E-state index is -5.30. The molecule has 2 heterocycles. The van der Waals surface area contributed by atoms with E-state index in [-0.39, 0.29) is 50.6 Å². The Hall–Kier alpha value is -1.34. The van der Waals surface area contributed by atoms with E-state index < -0.39 is 61.4 Å². The van der Waals surface area contributed by atoms with Crippen LogP contribution in [0.25, 0.3) is 0 Å². The van der Waals surface area contributed by atoms with Gasteiger partial charge in [-0.25, -0.2) is 26.1 Å². The predicted molar refractivity (Wildman–Crippen MR) is 107 cm³/mol. The summed E-state index contributed by atoms with van der Waals surface area (Å²) in [5.41, 5.74) is -0.534. The van der Waals surface area contributed by atoms with E-state index in [1.807, 2.05) is 0 Å². The van der Waals surface area contributed by atoms with E-state index in [1.54, 1.807) is 0 Å². The van der Waals surface area contributed by atoms with Gasteiger partial charge < -0.3 is 20.0 Å². The number of aromatic nitrogens is 1. The van der Waals surface area contributed by atoms with Gasteiger partial charge in [0.1, 0.15) is 34.6 Å². The fourth-order valence-electron chi connectivity index (χ4n) is 2.52. The second-order valence-electron chi connectivity index (χ2n) is 6.04. The monoisotopic (exact) mass is 539 g/mol. The molecule has 172 valence electrons. The first-order valence-electron chi connectivity index (χ1n) is 7.99. The van der Waals surface area contributed by atoms with Crippen molar-refractivity contribution in [1.29, 1.82) is 0 Å². The quantitative estimate of drug-likeness (QED) is 0.0762. The molecule has 32 heavy (non-hydrogen) atoms. The zero-order valence-corrected chi connectivity index (χ0v) is 22.0. The number of nitrogens with zero attached hydrogens (tertiary/aromatic N) is 3. The van der Waals surface area contributed by atoms with Crippen LogP contribution in [0.5, 0.6) is 0 Å². The zero-order valence-electron chi connectivity index (χ0n) is 16.8. The van der Waals surface area contributed by atoms with E-state index in [9.17, 15) is 35.8 Å². The summed E-state index contributed by atoms with van der Waals surface area (Å²) in [6.45, 7) is 0. The van der Waals surface area contributed by atoms with Gasteiger partial charge in [-0.2, -0.15) is 0 Å². The van der Waals surface area contributed by atoms with Gasteiger partial charge in [0.05, 0.1) is 11.8 Å². The largest absolute Gasteiger partial charge is 1.00 e. The van der Waals surface area contributed by atoms with Gasteiger partial charge in [-0.3, -0.25) is 14.4 Å². The Morgan fingerprint density at radius 2 is 2.00 bits per heavy atom. The van der Waals surface area contributed by atoms with Crippen molar-refractivity contribution in [2.75, 3.05) is 30.3 Å². The third-order valence-corrected chi connectivity index (χ3v) is 6.56. The summed E-state index contributed by atoms with van der Waals surface area (Å²) in [6, 6.07) is -3.26. The van der Waals surface area contributed by atoms with Crippen LogP contribution in [0.4, 0.5) is 5.13 Å². The van der Waals surface area contributed by atoms with E-state index in [4.69, 9.17) is 11.6 Å². The van der Waals surface area contributed by atoms with Crippen molar-refractivity contribution in [3.05, 3.63) is 11.1 Å². The topological polar surface area (TPSA) is 204 Å². The molecule has 0 aliphatic carbocycles. The van der Waals surface area contributed by atoms with Gasteiger partial charge in [0, 0.05) is 11.6 Å². The van der Waals surface area contributed by atoms with Crippen molar-refractivity contribution >= 4 is 71.6 Å². The van der Waals surface area contributed by atoms with Crippen LogP contribution in [0.2, 0.25) is 0 Å².